The SMILES string of the molecule is O=C(CNC(=O)OCc1ccccc1)NC1CCC(Oc2ccc(C(F)(F)F)cn2)CC1. The fourth-order valence-electron chi connectivity index (χ4n) is 3.32. The Hall–Kier alpha value is -3.30. The lowest BCUT2D eigenvalue weighted by atomic mass is 9.93. The van der Waals surface area contributed by atoms with Gasteiger partial charge in [0.2, 0.25) is 11.8 Å². The first-order chi connectivity index (χ1) is 15.3. The van der Waals surface area contributed by atoms with Gasteiger partial charge in [0, 0.05) is 18.3 Å². The molecule has 3 rings (SSSR count). The number of alkyl halides is 3. The Kier molecular flexibility index (Phi) is 7.91. The van der Waals surface area contributed by atoms with Gasteiger partial charge < -0.3 is 20.1 Å². The van der Waals surface area contributed by atoms with Gasteiger partial charge in [-0.3, -0.25) is 4.79 Å². The Morgan fingerprint density at radius 3 is 2.38 bits per heavy atom. The van der Waals surface area contributed by atoms with Crippen molar-refractivity contribution in [2.45, 2.75) is 50.6 Å². The van der Waals surface area contributed by atoms with Gasteiger partial charge >= 0.3 is 12.3 Å². The maximum Gasteiger partial charge on any atom is 0.417 e. The molecular formula is C22H24F3N3O4. The van der Waals surface area contributed by atoms with E-state index in [0.29, 0.717) is 25.7 Å². The molecule has 1 aromatic carbocycles. The molecule has 2 N–H and O–H groups in total. The van der Waals surface area contributed by atoms with Gasteiger partial charge in [0.15, 0.2) is 0 Å². The number of aromatic nitrogens is 1. The Labute approximate surface area is 183 Å². The topological polar surface area (TPSA) is 89.6 Å². The Balaban J connectivity index is 1.32. The predicted octanol–water partition coefficient (Wildman–Crippen LogP) is 3.83. The normalized spacial score (nSPS) is 18.5. The molecule has 1 heterocycles. The van der Waals surface area contributed by atoms with Gasteiger partial charge in [0.05, 0.1) is 5.56 Å². The van der Waals surface area contributed by atoms with E-state index >= 15 is 0 Å². The van der Waals surface area contributed by atoms with E-state index < -0.39 is 17.8 Å². The first kappa shape index (κ1) is 23.4. The number of hydrogen-bond donors (Lipinski definition) is 2. The lowest BCUT2D eigenvalue weighted by Gasteiger charge is -2.29. The van der Waals surface area contributed by atoms with E-state index in [9.17, 15) is 22.8 Å². The summed E-state index contributed by atoms with van der Waals surface area (Å²) in [6.07, 6.45) is -2.00. The Bertz CT molecular complexity index is 884. The number of nitrogens with zero attached hydrogens (tertiary/aromatic N) is 1. The van der Waals surface area contributed by atoms with E-state index in [1.807, 2.05) is 30.3 Å². The summed E-state index contributed by atoms with van der Waals surface area (Å²) >= 11 is 0. The van der Waals surface area contributed by atoms with E-state index in [4.69, 9.17) is 9.47 Å². The zero-order valence-electron chi connectivity index (χ0n) is 17.2. The number of ether oxygens (including phenoxy) is 2. The van der Waals surface area contributed by atoms with Crippen molar-refractivity contribution >= 4 is 12.0 Å². The number of rotatable bonds is 7. The summed E-state index contributed by atoms with van der Waals surface area (Å²) in [6.45, 7) is -0.0778. The van der Waals surface area contributed by atoms with Gasteiger partial charge in [-0.1, -0.05) is 30.3 Å². The average Bonchev–Trinajstić information content (AvgIpc) is 2.78. The van der Waals surface area contributed by atoms with E-state index in [1.54, 1.807) is 0 Å². The monoisotopic (exact) mass is 451 g/mol. The van der Waals surface area contributed by atoms with E-state index in [0.717, 1.165) is 17.8 Å². The number of alkyl carbamates (subject to hydrolysis) is 1. The molecule has 7 nitrogen and oxygen atoms in total. The van der Waals surface area contributed by atoms with Crippen LogP contribution in [0.2, 0.25) is 0 Å². The molecule has 0 saturated heterocycles. The number of carbonyl (C=O) groups is 2. The molecule has 2 amide bonds. The zero-order chi connectivity index (χ0) is 23.0. The van der Waals surface area contributed by atoms with Gasteiger partial charge in [0.25, 0.3) is 0 Å². The molecule has 172 valence electrons. The van der Waals surface area contributed by atoms with Crippen LogP contribution in [0.5, 0.6) is 5.88 Å². The number of carbonyl (C=O) groups excluding carboxylic acids is 2. The van der Waals surface area contributed by atoms with Gasteiger partial charge in [0.1, 0.15) is 19.3 Å². The van der Waals surface area contributed by atoms with Gasteiger partial charge in [-0.15, -0.1) is 0 Å². The van der Waals surface area contributed by atoms with Crippen LogP contribution in [0.4, 0.5) is 18.0 Å². The number of nitrogens with one attached hydrogen (secondary N) is 2. The Morgan fingerprint density at radius 2 is 1.75 bits per heavy atom. The van der Waals surface area contributed by atoms with Crippen molar-refractivity contribution in [3.8, 4) is 5.88 Å². The minimum absolute atomic E-state index is 0.0648. The third-order valence-electron chi connectivity index (χ3n) is 5.00. The summed E-state index contributed by atoms with van der Waals surface area (Å²) in [5.74, 6) is -0.181. The summed E-state index contributed by atoms with van der Waals surface area (Å²) in [7, 11) is 0. The summed E-state index contributed by atoms with van der Waals surface area (Å²) in [5.41, 5.74) is 0.0198. The number of hydrogen-bond acceptors (Lipinski definition) is 5. The van der Waals surface area contributed by atoms with Crippen molar-refractivity contribution in [2.75, 3.05) is 6.54 Å². The number of pyridine rings is 1. The van der Waals surface area contributed by atoms with Crippen molar-refractivity contribution in [2.24, 2.45) is 0 Å². The highest BCUT2D eigenvalue weighted by Crippen LogP contribution is 2.30. The number of amides is 2. The quantitative estimate of drug-likeness (QED) is 0.668. The summed E-state index contributed by atoms with van der Waals surface area (Å²) in [4.78, 5) is 27.5. The maximum atomic E-state index is 12.6. The lowest BCUT2D eigenvalue weighted by molar-refractivity contribution is -0.137. The maximum absolute atomic E-state index is 12.6. The van der Waals surface area contributed by atoms with Crippen molar-refractivity contribution in [3.05, 3.63) is 59.8 Å². The third kappa shape index (κ3) is 7.44. The smallest absolute Gasteiger partial charge is 0.417 e. The van der Waals surface area contributed by atoms with Crippen LogP contribution in [0.3, 0.4) is 0 Å². The van der Waals surface area contributed by atoms with Crippen LogP contribution in [-0.4, -0.2) is 35.7 Å². The van der Waals surface area contributed by atoms with Crippen LogP contribution in [-0.2, 0) is 22.3 Å². The molecule has 2 aromatic rings. The molecule has 1 fully saturated rings. The van der Waals surface area contributed by atoms with Crippen LogP contribution in [0.1, 0.15) is 36.8 Å². The average molecular weight is 451 g/mol. The number of halogens is 3. The third-order valence-corrected chi connectivity index (χ3v) is 5.00. The molecule has 10 heteroatoms. The molecule has 1 aliphatic carbocycles. The van der Waals surface area contributed by atoms with Crippen LogP contribution < -0.4 is 15.4 Å². The second-order valence-electron chi connectivity index (χ2n) is 7.46. The fourth-order valence-corrected chi connectivity index (χ4v) is 3.32. The van der Waals surface area contributed by atoms with E-state index in [-0.39, 0.29) is 37.1 Å². The summed E-state index contributed by atoms with van der Waals surface area (Å²) in [6, 6.07) is 11.3. The number of benzene rings is 1. The first-order valence-electron chi connectivity index (χ1n) is 10.2. The molecule has 0 spiro atoms. The van der Waals surface area contributed by atoms with Crippen LogP contribution in [0.25, 0.3) is 0 Å². The van der Waals surface area contributed by atoms with Crippen molar-refractivity contribution in [1.29, 1.82) is 0 Å². The second kappa shape index (κ2) is 10.8. The predicted molar refractivity (Wildman–Crippen MR) is 109 cm³/mol. The first-order valence-corrected chi connectivity index (χ1v) is 10.2. The molecule has 1 aromatic heterocycles. The molecule has 0 bridgehead atoms. The van der Waals surface area contributed by atoms with Crippen LogP contribution >= 0.6 is 0 Å². The molecule has 32 heavy (non-hydrogen) atoms. The summed E-state index contributed by atoms with van der Waals surface area (Å²) in [5, 5.41) is 5.26. The highest BCUT2D eigenvalue weighted by Gasteiger charge is 2.31. The minimum Gasteiger partial charge on any atom is -0.474 e. The highest BCUT2D eigenvalue weighted by atomic mass is 19.4. The zero-order valence-corrected chi connectivity index (χ0v) is 17.2. The van der Waals surface area contributed by atoms with Gasteiger partial charge in [-0.05, 0) is 37.3 Å². The largest absolute Gasteiger partial charge is 0.474 e. The Morgan fingerprint density at radius 1 is 1.03 bits per heavy atom. The summed E-state index contributed by atoms with van der Waals surface area (Å²) < 4.78 is 48.5. The molecule has 1 aliphatic rings. The minimum atomic E-state index is -4.44. The van der Waals surface area contributed by atoms with E-state index in [2.05, 4.69) is 15.6 Å². The van der Waals surface area contributed by atoms with Gasteiger partial charge in [-0.2, -0.15) is 13.2 Å². The molecule has 0 radical (unpaired) electrons. The van der Waals surface area contributed by atoms with Crippen molar-refractivity contribution in [1.82, 2.24) is 15.6 Å². The second-order valence-corrected chi connectivity index (χ2v) is 7.46. The molecule has 0 atom stereocenters. The molecule has 0 unspecified atom stereocenters. The fraction of sp³-hybridized carbons (Fsp3) is 0.409. The lowest BCUT2D eigenvalue weighted by Crippen LogP contribution is -2.44. The highest BCUT2D eigenvalue weighted by molar-refractivity contribution is 5.82. The molecule has 0 aliphatic heterocycles. The van der Waals surface area contributed by atoms with E-state index in [1.165, 1.54) is 6.07 Å². The van der Waals surface area contributed by atoms with Crippen molar-refractivity contribution < 1.29 is 32.2 Å². The van der Waals surface area contributed by atoms with Crippen LogP contribution in [0, 0.1) is 0 Å². The van der Waals surface area contributed by atoms with Gasteiger partial charge in [-0.25, -0.2) is 9.78 Å². The molecular weight excluding hydrogens is 427 g/mol. The standard InChI is InChI=1S/C22H24F3N3O4/c23-22(24,25)16-6-11-20(26-12-16)32-18-9-7-17(8-10-18)28-19(29)13-27-21(30)31-14-15-4-2-1-3-5-15/h1-6,11-12,17-18H,7-10,13-14H2,(H,27,30)(H,28,29). The van der Waals surface area contributed by atoms with Crippen LogP contribution in [0.15, 0.2) is 48.7 Å². The van der Waals surface area contributed by atoms with Crippen molar-refractivity contribution in [3.63, 3.8) is 0 Å². The molecule has 1 saturated carbocycles.